The van der Waals surface area contributed by atoms with Crippen LogP contribution in [-0.2, 0) is 4.79 Å². The van der Waals surface area contributed by atoms with Crippen molar-refractivity contribution < 1.29 is 9.90 Å². The molecule has 0 radical (unpaired) electrons. The Morgan fingerprint density at radius 1 is 1.54 bits per heavy atom. The highest BCUT2D eigenvalue weighted by atomic mass is 32.2. The van der Waals surface area contributed by atoms with E-state index in [0.717, 1.165) is 18.8 Å². The van der Waals surface area contributed by atoms with Crippen molar-refractivity contribution in [1.29, 1.82) is 0 Å². The zero-order valence-corrected chi connectivity index (χ0v) is 9.43. The first-order chi connectivity index (χ1) is 6.06. The summed E-state index contributed by atoms with van der Waals surface area (Å²) in [5.74, 6) is 0.794. The van der Waals surface area contributed by atoms with Gasteiger partial charge in [-0.3, -0.25) is 9.69 Å². The molecule has 78 valence electrons. The summed E-state index contributed by atoms with van der Waals surface area (Å²) in [7, 11) is 0. The highest BCUT2D eigenvalue weighted by Gasteiger charge is 2.10. The molecule has 0 rings (SSSR count). The van der Waals surface area contributed by atoms with Crippen molar-refractivity contribution in [1.82, 2.24) is 4.90 Å². The van der Waals surface area contributed by atoms with Crippen LogP contribution in [0.2, 0.25) is 0 Å². The first-order valence-corrected chi connectivity index (χ1v) is 5.88. The Kier molecular flexibility index (Phi) is 7.09. The van der Waals surface area contributed by atoms with Crippen LogP contribution in [-0.4, -0.2) is 47.6 Å². The standard InChI is InChI=1S/C9H19NO2S/c1-8(2)6-10(4-5-13-3)7-9(11)12/h8H,4-7H2,1-3H3,(H,11,12). The van der Waals surface area contributed by atoms with Gasteiger partial charge in [0, 0.05) is 18.8 Å². The fourth-order valence-corrected chi connectivity index (χ4v) is 1.60. The van der Waals surface area contributed by atoms with Crippen molar-refractivity contribution in [3.63, 3.8) is 0 Å². The van der Waals surface area contributed by atoms with Crippen molar-refractivity contribution in [2.45, 2.75) is 13.8 Å². The maximum Gasteiger partial charge on any atom is 0.317 e. The van der Waals surface area contributed by atoms with E-state index < -0.39 is 5.97 Å². The van der Waals surface area contributed by atoms with Crippen LogP contribution in [0.4, 0.5) is 0 Å². The van der Waals surface area contributed by atoms with Gasteiger partial charge in [-0.15, -0.1) is 0 Å². The molecule has 0 aliphatic carbocycles. The van der Waals surface area contributed by atoms with Gasteiger partial charge in [0.25, 0.3) is 0 Å². The molecule has 0 aliphatic heterocycles. The van der Waals surface area contributed by atoms with E-state index >= 15 is 0 Å². The molecule has 0 fully saturated rings. The lowest BCUT2D eigenvalue weighted by Gasteiger charge is -2.21. The van der Waals surface area contributed by atoms with E-state index in [2.05, 4.69) is 13.8 Å². The maximum atomic E-state index is 10.5. The predicted molar refractivity (Wildman–Crippen MR) is 57.3 cm³/mol. The second-order valence-electron chi connectivity index (χ2n) is 3.52. The Hall–Kier alpha value is -0.220. The predicted octanol–water partition coefficient (Wildman–Crippen LogP) is 1.39. The molecule has 3 nitrogen and oxygen atoms in total. The molecule has 0 aromatic heterocycles. The minimum atomic E-state index is -0.734. The lowest BCUT2D eigenvalue weighted by molar-refractivity contribution is -0.138. The average molecular weight is 205 g/mol. The highest BCUT2D eigenvalue weighted by molar-refractivity contribution is 7.98. The van der Waals surface area contributed by atoms with Crippen molar-refractivity contribution in [2.24, 2.45) is 5.92 Å². The first-order valence-electron chi connectivity index (χ1n) is 4.49. The van der Waals surface area contributed by atoms with Gasteiger partial charge < -0.3 is 5.11 Å². The molecule has 13 heavy (non-hydrogen) atoms. The molecule has 0 aromatic carbocycles. The van der Waals surface area contributed by atoms with E-state index in [0.29, 0.717) is 5.92 Å². The largest absolute Gasteiger partial charge is 0.480 e. The third-order valence-corrected chi connectivity index (χ3v) is 2.18. The molecule has 0 atom stereocenters. The van der Waals surface area contributed by atoms with Crippen LogP contribution in [0.3, 0.4) is 0 Å². The number of thioether (sulfide) groups is 1. The van der Waals surface area contributed by atoms with Gasteiger partial charge in [-0.25, -0.2) is 0 Å². The zero-order chi connectivity index (χ0) is 10.3. The number of carbonyl (C=O) groups is 1. The normalized spacial score (nSPS) is 11.2. The maximum absolute atomic E-state index is 10.5. The number of hydrogen-bond acceptors (Lipinski definition) is 3. The lowest BCUT2D eigenvalue weighted by atomic mass is 10.2. The minimum Gasteiger partial charge on any atom is -0.480 e. The molecule has 4 heteroatoms. The molecule has 0 saturated heterocycles. The van der Waals surface area contributed by atoms with E-state index in [-0.39, 0.29) is 6.54 Å². The Bertz CT molecular complexity index is 151. The molecular formula is C9H19NO2S. The van der Waals surface area contributed by atoms with E-state index in [9.17, 15) is 4.79 Å². The van der Waals surface area contributed by atoms with Crippen molar-refractivity contribution in [2.75, 3.05) is 31.6 Å². The molecule has 0 amide bonds. The summed E-state index contributed by atoms with van der Waals surface area (Å²) in [5, 5.41) is 8.65. The van der Waals surface area contributed by atoms with Crippen LogP contribution in [0, 0.1) is 5.92 Å². The summed E-state index contributed by atoms with van der Waals surface area (Å²) in [6.07, 6.45) is 2.04. The minimum absolute atomic E-state index is 0.165. The van der Waals surface area contributed by atoms with Crippen LogP contribution in [0.15, 0.2) is 0 Å². The number of hydrogen-bond donors (Lipinski definition) is 1. The van der Waals surface area contributed by atoms with Crippen LogP contribution >= 0.6 is 11.8 Å². The summed E-state index contributed by atoms with van der Waals surface area (Å²) in [4.78, 5) is 12.5. The molecule has 0 unspecified atom stereocenters. The van der Waals surface area contributed by atoms with E-state index in [4.69, 9.17) is 5.11 Å². The number of nitrogens with zero attached hydrogens (tertiary/aromatic N) is 1. The lowest BCUT2D eigenvalue weighted by Crippen LogP contribution is -2.34. The van der Waals surface area contributed by atoms with E-state index in [1.165, 1.54) is 0 Å². The van der Waals surface area contributed by atoms with Crippen molar-refractivity contribution >= 4 is 17.7 Å². The molecule has 0 spiro atoms. The van der Waals surface area contributed by atoms with Crippen LogP contribution in [0.1, 0.15) is 13.8 Å². The van der Waals surface area contributed by atoms with Crippen LogP contribution in [0.25, 0.3) is 0 Å². The molecular weight excluding hydrogens is 186 g/mol. The smallest absolute Gasteiger partial charge is 0.317 e. The van der Waals surface area contributed by atoms with E-state index in [1.807, 2.05) is 11.2 Å². The number of rotatable bonds is 7. The zero-order valence-electron chi connectivity index (χ0n) is 8.62. The van der Waals surface area contributed by atoms with Crippen molar-refractivity contribution in [3.05, 3.63) is 0 Å². The van der Waals surface area contributed by atoms with Gasteiger partial charge in [-0.05, 0) is 12.2 Å². The Morgan fingerprint density at radius 2 is 2.15 bits per heavy atom. The third-order valence-electron chi connectivity index (χ3n) is 1.59. The van der Waals surface area contributed by atoms with Gasteiger partial charge in [0.2, 0.25) is 0 Å². The summed E-state index contributed by atoms with van der Waals surface area (Å²) in [6, 6.07) is 0. The second-order valence-corrected chi connectivity index (χ2v) is 4.50. The summed E-state index contributed by atoms with van der Waals surface area (Å²) in [5.41, 5.74) is 0. The van der Waals surface area contributed by atoms with Gasteiger partial charge in [-0.1, -0.05) is 13.8 Å². The van der Waals surface area contributed by atoms with Gasteiger partial charge in [0.05, 0.1) is 6.54 Å². The summed E-state index contributed by atoms with van der Waals surface area (Å²) in [6.45, 7) is 6.11. The fraction of sp³-hybridized carbons (Fsp3) is 0.889. The number of aliphatic carboxylic acids is 1. The molecule has 1 N–H and O–H groups in total. The molecule has 0 bridgehead atoms. The summed E-state index contributed by atoms with van der Waals surface area (Å²) < 4.78 is 0. The average Bonchev–Trinajstić information content (AvgIpc) is 1.98. The fourth-order valence-electron chi connectivity index (χ4n) is 1.16. The topological polar surface area (TPSA) is 40.5 Å². The van der Waals surface area contributed by atoms with Gasteiger partial charge >= 0.3 is 5.97 Å². The third kappa shape index (κ3) is 8.12. The SMILES string of the molecule is CSCCN(CC(=O)O)CC(C)C. The van der Waals surface area contributed by atoms with Crippen molar-refractivity contribution in [3.8, 4) is 0 Å². The molecule has 0 heterocycles. The van der Waals surface area contributed by atoms with Crippen LogP contribution < -0.4 is 0 Å². The molecule has 0 aromatic rings. The van der Waals surface area contributed by atoms with Gasteiger partial charge in [0.15, 0.2) is 0 Å². The Morgan fingerprint density at radius 3 is 2.54 bits per heavy atom. The quantitative estimate of drug-likeness (QED) is 0.682. The molecule has 0 saturated carbocycles. The number of carboxylic acid groups (broad SMARTS) is 1. The first kappa shape index (κ1) is 12.8. The summed E-state index contributed by atoms with van der Waals surface area (Å²) >= 11 is 1.75. The van der Waals surface area contributed by atoms with Gasteiger partial charge in [-0.2, -0.15) is 11.8 Å². The van der Waals surface area contributed by atoms with Crippen LogP contribution in [0.5, 0.6) is 0 Å². The monoisotopic (exact) mass is 205 g/mol. The second kappa shape index (κ2) is 7.21. The number of carboxylic acids is 1. The Labute approximate surface area is 84.5 Å². The van der Waals surface area contributed by atoms with Gasteiger partial charge in [0.1, 0.15) is 0 Å². The Balaban J connectivity index is 3.80. The highest BCUT2D eigenvalue weighted by Crippen LogP contribution is 2.01. The van der Waals surface area contributed by atoms with E-state index in [1.54, 1.807) is 11.8 Å². The molecule has 0 aliphatic rings.